The van der Waals surface area contributed by atoms with Crippen LogP contribution in [0.3, 0.4) is 0 Å². The van der Waals surface area contributed by atoms with Crippen LogP contribution in [0, 0.1) is 10.1 Å². The number of anilines is 2. The van der Waals surface area contributed by atoms with E-state index < -0.39 is 4.92 Å². The Kier molecular flexibility index (Phi) is 4.35. The molecule has 0 radical (unpaired) electrons. The molecule has 4 N–H and O–H groups in total. The van der Waals surface area contributed by atoms with Crippen molar-refractivity contribution < 1.29 is 4.92 Å². The molecule has 19 heavy (non-hydrogen) atoms. The van der Waals surface area contributed by atoms with Crippen molar-refractivity contribution in [2.45, 2.75) is 6.54 Å². The Morgan fingerprint density at radius 2 is 2.16 bits per heavy atom. The lowest BCUT2D eigenvalue weighted by Gasteiger charge is -2.08. The topological polar surface area (TPSA) is 93.2 Å². The Hall–Kier alpha value is -1.64. The van der Waals surface area contributed by atoms with Crippen molar-refractivity contribution in [3.8, 4) is 0 Å². The summed E-state index contributed by atoms with van der Waals surface area (Å²) >= 11 is 4.94. The standard InChI is InChI=1S/C11H11BrN4O2S/c12-7-4-8(19-6-7)5-14-9-2-1-3-10(15-13)11(9)16(17)18/h1-4,6,14-15H,5,13H2. The van der Waals surface area contributed by atoms with E-state index in [0.29, 0.717) is 12.2 Å². The van der Waals surface area contributed by atoms with E-state index in [4.69, 9.17) is 5.84 Å². The van der Waals surface area contributed by atoms with Gasteiger partial charge in [-0.25, -0.2) is 0 Å². The number of hydrazine groups is 1. The summed E-state index contributed by atoms with van der Waals surface area (Å²) in [4.78, 5) is 11.7. The summed E-state index contributed by atoms with van der Waals surface area (Å²) in [6.45, 7) is 0.519. The quantitative estimate of drug-likeness (QED) is 0.440. The van der Waals surface area contributed by atoms with Gasteiger partial charge in [0, 0.05) is 21.3 Å². The van der Waals surface area contributed by atoms with Crippen LogP contribution in [0.1, 0.15) is 4.88 Å². The lowest BCUT2D eigenvalue weighted by Crippen LogP contribution is -2.10. The van der Waals surface area contributed by atoms with Gasteiger partial charge in [-0.15, -0.1) is 11.3 Å². The number of thiophene rings is 1. The van der Waals surface area contributed by atoms with Crippen LogP contribution in [0.2, 0.25) is 0 Å². The first kappa shape index (κ1) is 13.8. The fourth-order valence-corrected chi connectivity index (χ4v) is 3.02. The highest BCUT2D eigenvalue weighted by Crippen LogP contribution is 2.32. The summed E-state index contributed by atoms with van der Waals surface area (Å²) in [6, 6.07) is 6.88. The number of nitrogens with two attached hydrogens (primary N) is 1. The van der Waals surface area contributed by atoms with Crippen LogP contribution in [-0.2, 0) is 6.54 Å². The zero-order valence-electron chi connectivity index (χ0n) is 9.72. The fourth-order valence-electron chi connectivity index (χ4n) is 1.63. The minimum absolute atomic E-state index is 0.0550. The summed E-state index contributed by atoms with van der Waals surface area (Å²) in [6.07, 6.45) is 0. The van der Waals surface area contributed by atoms with Crippen LogP contribution in [0.4, 0.5) is 17.1 Å². The maximum Gasteiger partial charge on any atom is 0.316 e. The molecule has 0 atom stereocenters. The molecule has 0 aliphatic carbocycles. The third-order valence-corrected chi connectivity index (χ3v) is 4.15. The Balaban J connectivity index is 2.22. The first-order chi connectivity index (χ1) is 9.11. The molecule has 0 saturated heterocycles. The molecule has 2 aromatic rings. The SMILES string of the molecule is NNc1cccc(NCc2cc(Br)cs2)c1[N+](=O)[O-]. The highest BCUT2D eigenvalue weighted by Gasteiger charge is 2.18. The number of rotatable bonds is 5. The van der Waals surface area contributed by atoms with E-state index >= 15 is 0 Å². The number of nitrogen functional groups attached to an aromatic ring is 1. The lowest BCUT2D eigenvalue weighted by molar-refractivity contribution is -0.383. The second kappa shape index (κ2) is 6.00. The van der Waals surface area contributed by atoms with Crippen molar-refractivity contribution in [1.82, 2.24) is 0 Å². The lowest BCUT2D eigenvalue weighted by atomic mass is 10.2. The average Bonchev–Trinajstić information content (AvgIpc) is 2.81. The molecular formula is C11H11BrN4O2S. The van der Waals surface area contributed by atoms with E-state index in [2.05, 4.69) is 26.7 Å². The smallest absolute Gasteiger partial charge is 0.316 e. The second-order valence-corrected chi connectivity index (χ2v) is 5.60. The third-order valence-electron chi connectivity index (χ3n) is 2.45. The predicted molar refractivity (Wildman–Crippen MR) is 80.3 cm³/mol. The Bertz CT molecular complexity index is 602. The van der Waals surface area contributed by atoms with Crippen molar-refractivity contribution in [3.63, 3.8) is 0 Å². The van der Waals surface area contributed by atoms with Gasteiger partial charge in [0.15, 0.2) is 0 Å². The maximum atomic E-state index is 11.1. The minimum Gasteiger partial charge on any atom is -0.375 e. The molecule has 1 heterocycles. The predicted octanol–water partition coefficient (Wildman–Crippen LogP) is 3.32. The zero-order valence-corrected chi connectivity index (χ0v) is 12.1. The molecular weight excluding hydrogens is 332 g/mol. The van der Waals surface area contributed by atoms with Crippen LogP contribution < -0.4 is 16.6 Å². The number of nitro benzene ring substituents is 1. The molecule has 1 aromatic heterocycles. The summed E-state index contributed by atoms with van der Waals surface area (Å²) in [7, 11) is 0. The summed E-state index contributed by atoms with van der Waals surface area (Å²) in [5, 5.41) is 16.1. The molecule has 0 spiro atoms. The van der Waals surface area contributed by atoms with E-state index in [1.54, 1.807) is 29.5 Å². The summed E-state index contributed by atoms with van der Waals surface area (Å²) < 4.78 is 1.00. The Morgan fingerprint density at radius 1 is 1.42 bits per heavy atom. The van der Waals surface area contributed by atoms with Crippen LogP contribution in [-0.4, -0.2) is 4.92 Å². The number of nitro groups is 1. The van der Waals surface area contributed by atoms with Gasteiger partial charge >= 0.3 is 5.69 Å². The van der Waals surface area contributed by atoms with Crippen molar-refractivity contribution in [2.75, 3.05) is 10.7 Å². The average molecular weight is 343 g/mol. The van der Waals surface area contributed by atoms with Crippen LogP contribution >= 0.6 is 27.3 Å². The Labute approximate surface area is 121 Å². The molecule has 100 valence electrons. The number of halogens is 1. The number of hydrogen-bond donors (Lipinski definition) is 3. The molecule has 0 fully saturated rings. The zero-order chi connectivity index (χ0) is 13.8. The van der Waals surface area contributed by atoms with E-state index in [1.165, 1.54) is 0 Å². The Morgan fingerprint density at radius 3 is 2.74 bits per heavy atom. The number of benzene rings is 1. The van der Waals surface area contributed by atoms with Gasteiger partial charge in [0.1, 0.15) is 11.4 Å². The highest BCUT2D eigenvalue weighted by molar-refractivity contribution is 9.10. The number of nitrogens with zero attached hydrogens (tertiary/aromatic N) is 1. The van der Waals surface area contributed by atoms with Crippen molar-refractivity contribution in [2.24, 2.45) is 5.84 Å². The minimum atomic E-state index is -0.456. The van der Waals surface area contributed by atoms with Crippen molar-refractivity contribution in [1.29, 1.82) is 0 Å². The van der Waals surface area contributed by atoms with Gasteiger partial charge in [0.2, 0.25) is 0 Å². The van der Waals surface area contributed by atoms with Gasteiger partial charge in [-0.3, -0.25) is 16.0 Å². The molecule has 0 amide bonds. The fraction of sp³-hybridized carbons (Fsp3) is 0.0909. The van der Waals surface area contributed by atoms with Gasteiger partial charge < -0.3 is 10.7 Å². The first-order valence-corrected chi connectivity index (χ1v) is 7.00. The van der Waals surface area contributed by atoms with Gasteiger partial charge in [-0.05, 0) is 34.1 Å². The number of nitrogens with one attached hydrogen (secondary N) is 2. The van der Waals surface area contributed by atoms with Crippen molar-refractivity contribution >= 4 is 44.3 Å². The molecule has 6 nitrogen and oxygen atoms in total. The molecule has 8 heteroatoms. The maximum absolute atomic E-state index is 11.1. The highest BCUT2D eigenvalue weighted by atomic mass is 79.9. The summed E-state index contributed by atoms with van der Waals surface area (Å²) in [5.41, 5.74) is 2.99. The van der Waals surface area contributed by atoms with Gasteiger partial charge in [-0.1, -0.05) is 6.07 Å². The van der Waals surface area contributed by atoms with E-state index in [9.17, 15) is 10.1 Å². The molecule has 0 aliphatic rings. The second-order valence-electron chi connectivity index (χ2n) is 3.69. The largest absolute Gasteiger partial charge is 0.375 e. The van der Waals surface area contributed by atoms with Crippen LogP contribution in [0.5, 0.6) is 0 Å². The first-order valence-electron chi connectivity index (χ1n) is 5.32. The molecule has 0 aliphatic heterocycles. The number of para-hydroxylation sites is 1. The van der Waals surface area contributed by atoms with Gasteiger partial charge in [0.25, 0.3) is 0 Å². The van der Waals surface area contributed by atoms with Crippen LogP contribution in [0.15, 0.2) is 34.1 Å². The number of hydrogen-bond acceptors (Lipinski definition) is 6. The summed E-state index contributed by atoms with van der Waals surface area (Å²) in [5.74, 6) is 5.28. The third kappa shape index (κ3) is 3.22. The molecule has 0 saturated carbocycles. The molecule has 1 aromatic carbocycles. The van der Waals surface area contributed by atoms with E-state index in [-0.39, 0.29) is 11.4 Å². The molecule has 0 unspecified atom stereocenters. The normalized spacial score (nSPS) is 10.2. The van der Waals surface area contributed by atoms with Gasteiger partial charge in [0.05, 0.1) is 4.92 Å². The van der Waals surface area contributed by atoms with E-state index in [0.717, 1.165) is 9.35 Å². The van der Waals surface area contributed by atoms with Crippen molar-refractivity contribution in [3.05, 3.63) is 49.1 Å². The van der Waals surface area contributed by atoms with Crippen LogP contribution in [0.25, 0.3) is 0 Å². The van der Waals surface area contributed by atoms with Gasteiger partial charge in [-0.2, -0.15) is 0 Å². The monoisotopic (exact) mass is 342 g/mol. The van der Waals surface area contributed by atoms with E-state index in [1.807, 2.05) is 11.4 Å². The molecule has 2 rings (SSSR count). The molecule has 0 bridgehead atoms.